The lowest BCUT2D eigenvalue weighted by Gasteiger charge is -2.27. The molecule has 0 heterocycles. The summed E-state index contributed by atoms with van der Waals surface area (Å²) in [6.45, 7) is 2.25. The van der Waals surface area contributed by atoms with E-state index in [9.17, 15) is 0 Å². The molecule has 0 aromatic carbocycles. The molecule has 0 aromatic heterocycles. The van der Waals surface area contributed by atoms with Crippen molar-refractivity contribution in [1.29, 1.82) is 0 Å². The molecule has 2 atom stereocenters. The summed E-state index contributed by atoms with van der Waals surface area (Å²) in [7, 11) is 0. The maximum absolute atomic E-state index is 5.89. The minimum Gasteiger partial charge on any atom is -0.327 e. The molecule has 1 aliphatic rings. The Labute approximate surface area is 57.6 Å². The molecule has 1 unspecified atom stereocenters. The molecule has 0 saturated heterocycles. The maximum atomic E-state index is 5.89. The highest BCUT2D eigenvalue weighted by molar-refractivity contribution is 4.76. The molecule has 0 bridgehead atoms. The minimum absolute atomic E-state index is 0.517. The van der Waals surface area contributed by atoms with Gasteiger partial charge in [-0.25, -0.2) is 0 Å². The highest BCUT2D eigenvalue weighted by Gasteiger charge is 2.18. The van der Waals surface area contributed by atoms with Crippen LogP contribution in [0.4, 0.5) is 0 Å². The third-order valence-electron chi connectivity index (χ3n) is 2.49. The predicted molar refractivity (Wildman–Crippen MR) is 40.2 cm³/mol. The summed E-state index contributed by atoms with van der Waals surface area (Å²) in [6.07, 6.45) is 6.68. The zero-order valence-electron chi connectivity index (χ0n) is 6.27. The van der Waals surface area contributed by atoms with E-state index in [4.69, 9.17) is 5.73 Å². The molecule has 1 saturated carbocycles. The standard InChI is InChI=1S/C8H17N/c1-2-7-5-3-4-6-8(7)9/h7-8H,2-6,9H2,1H3/t7?,8-/m1/s1. The third-order valence-corrected chi connectivity index (χ3v) is 2.49. The van der Waals surface area contributed by atoms with Crippen LogP contribution >= 0.6 is 0 Å². The van der Waals surface area contributed by atoms with Gasteiger partial charge >= 0.3 is 0 Å². The molecular formula is C8H17N. The van der Waals surface area contributed by atoms with Gasteiger partial charge in [-0.05, 0) is 18.8 Å². The summed E-state index contributed by atoms with van der Waals surface area (Å²) < 4.78 is 0. The lowest BCUT2D eigenvalue weighted by atomic mass is 9.84. The van der Waals surface area contributed by atoms with E-state index in [2.05, 4.69) is 6.92 Å². The van der Waals surface area contributed by atoms with E-state index in [1.807, 2.05) is 0 Å². The van der Waals surface area contributed by atoms with Crippen molar-refractivity contribution in [2.45, 2.75) is 45.1 Å². The Morgan fingerprint density at radius 1 is 1.33 bits per heavy atom. The van der Waals surface area contributed by atoms with Crippen LogP contribution in [0.15, 0.2) is 0 Å². The van der Waals surface area contributed by atoms with E-state index in [1.54, 1.807) is 0 Å². The van der Waals surface area contributed by atoms with Crippen molar-refractivity contribution in [2.75, 3.05) is 0 Å². The van der Waals surface area contributed by atoms with E-state index < -0.39 is 0 Å². The largest absolute Gasteiger partial charge is 0.327 e. The SMILES string of the molecule is CCC1CCCC[C@H]1N. The average molecular weight is 127 g/mol. The fourth-order valence-corrected chi connectivity index (χ4v) is 1.74. The maximum Gasteiger partial charge on any atom is 0.00670 e. The van der Waals surface area contributed by atoms with Crippen molar-refractivity contribution in [2.24, 2.45) is 11.7 Å². The molecule has 1 aliphatic carbocycles. The molecule has 1 heteroatoms. The van der Waals surface area contributed by atoms with Crippen LogP contribution in [0.1, 0.15) is 39.0 Å². The molecule has 0 aliphatic heterocycles. The smallest absolute Gasteiger partial charge is 0.00670 e. The van der Waals surface area contributed by atoms with Crippen molar-refractivity contribution >= 4 is 0 Å². The molecule has 0 radical (unpaired) electrons. The van der Waals surface area contributed by atoms with Gasteiger partial charge in [-0.3, -0.25) is 0 Å². The second kappa shape index (κ2) is 3.21. The first kappa shape index (κ1) is 7.07. The van der Waals surface area contributed by atoms with Crippen LogP contribution in [0, 0.1) is 5.92 Å². The van der Waals surface area contributed by atoms with Gasteiger partial charge in [0, 0.05) is 6.04 Å². The van der Waals surface area contributed by atoms with Crippen molar-refractivity contribution in [3.05, 3.63) is 0 Å². The highest BCUT2D eigenvalue weighted by atomic mass is 14.7. The Morgan fingerprint density at radius 2 is 2.00 bits per heavy atom. The summed E-state index contributed by atoms with van der Waals surface area (Å²) in [5.74, 6) is 0.832. The Hall–Kier alpha value is -0.0400. The first-order chi connectivity index (χ1) is 4.34. The first-order valence-electron chi connectivity index (χ1n) is 4.10. The number of hydrogen-bond acceptors (Lipinski definition) is 1. The minimum atomic E-state index is 0.517. The van der Waals surface area contributed by atoms with E-state index in [0.717, 1.165) is 5.92 Å². The van der Waals surface area contributed by atoms with E-state index in [-0.39, 0.29) is 0 Å². The number of hydrogen-bond donors (Lipinski definition) is 1. The second-order valence-electron chi connectivity index (χ2n) is 3.12. The van der Waals surface area contributed by atoms with Crippen LogP contribution in [0.5, 0.6) is 0 Å². The molecular weight excluding hydrogens is 110 g/mol. The quantitative estimate of drug-likeness (QED) is 0.572. The summed E-state index contributed by atoms with van der Waals surface area (Å²) in [4.78, 5) is 0. The Balaban J connectivity index is 2.30. The van der Waals surface area contributed by atoms with E-state index in [0.29, 0.717) is 6.04 Å². The molecule has 54 valence electrons. The highest BCUT2D eigenvalue weighted by Crippen LogP contribution is 2.24. The molecule has 0 amide bonds. The van der Waals surface area contributed by atoms with Crippen LogP contribution in [0.2, 0.25) is 0 Å². The van der Waals surface area contributed by atoms with E-state index >= 15 is 0 Å². The molecule has 1 rings (SSSR count). The Kier molecular flexibility index (Phi) is 2.52. The predicted octanol–water partition coefficient (Wildman–Crippen LogP) is 1.91. The van der Waals surface area contributed by atoms with Gasteiger partial charge in [-0.15, -0.1) is 0 Å². The van der Waals surface area contributed by atoms with Gasteiger partial charge < -0.3 is 5.73 Å². The molecule has 9 heavy (non-hydrogen) atoms. The second-order valence-corrected chi connectivity index (χ2v) is 3.12. The first-order valence-corrected chi connectivity index (χ1v) is 4.10. The van der Waals surface area contributed by atoms with Gasteiger partial charge in [0.05, 0.1) is 0 Å². The van der Waals surface area contributed by atoms with E-state index in [1.165, 1.54) is 32.1 Å². The summed E-state index contributed by atoms with van der Waals surface area (Å²) >= 11 is 0. The lowest BCUT2D eigenvalue weighted by Crippen LogP contribution is -2.32. The third kappa shape index (κ3) is 1.68. The zero-order valence-corrected chi connectivity index (χ0v) is 6.27. The van der Waals surface area contributed by atoms with Crippen LogP contribution in [0.25, 0.3) is 0 Å². The van der Waals surface area contributed by atoms with Crippen LogP contribution in [-0.2, 0) is 0 Å². The topological polar surface area (TPSA) is 26.0 Å². The van der Waals surface area contributed by atoms with Crippen molar-refractivity contribution in [3.63, 3.8) is 0 Å². The van der Waals surface area contributed by atoms with Crippen molar-refractivity contribution in [3.8, 4) is 0 Å². The molecule has 0 spiro atoms. The normalized spacial score (nSPS) is 36.7. The summed E-state index contributed by atoms with van der Waals surface area (Å²) in [5, 5.41) is 0. The lowest BCUT2D eigenvalue weighted by molar-refractivity contribution is 0.300. The molecule has 0 aromatic rings. The summed E-state index contributed by atoms with van der Waals surface area (Å²) in [6, 6.07) is 0.517. The van der Waals surface area contributed by atoms with Crippen LogP contribution < -0.4 is 5.73 Å². The van der Waals surface area contributed by atoms with Gasteiger partial charge in [0.25, 0.3) is 0 Å². The van der Waals surface area contributed by atoms with Gasteiger partial charge in [0.15, 0.2) is 0 Å². The monoisotopic (exact) mass is 127 g/mol. The fraction of sp³-hybridized carbons (Fsp3) is 1.00. The Bertz CT molecular complexity index is 80.6. The molecule has 2 N–H and O–H groups in total. The van der Waals surface area contributed by atoms with Gasteiger partial charge in [-0.2, -0.15) is 0 Å². The van der Waals surface area contributed by atoms with Gasteiger partial charge in [0.2, 0.25) is 0 Å². The molecule has 1 fully saturated rings. The van der Waals surface area contributed by atoms with Crippen LogP contribution in [0.3, 0.4) is 0 Å². The summed E-state index contributed by atoms with van der Waals surface area (Å²) in [5.41, 5.74) is 5.89. The van der Waals surface area contributed by atoms with Gasteiger partial charge in [0.1, 0.15) is 0 Å². The molecule has 1 nitrogen and oxygen atoms in total. The fourth-order valence-electron chi connectivity index (χ4n) is 1.74. The number of rotatable bonds is 1. The average Bonchev–Trinajstić information content (AvgIpc) is 1.89. The van der Waals surface area contributed by atoms with Crippen molar-refractivity contribution in [1.82, 2.24) is 0 Å². The Morgan fingerprint density at radius 3 is 2.44 bits per heavy atom. The zero-order chi connectivity index (χ0) is 6.69. The van der Waals surface area contributed by atoms with Gasteiger partial charge in [-0.1, -0.05) is 26.2 Å². The van der Waals surface area contributed by atoms with Crippen LogP contribution in [-0.4, -0.2) is 6.04 Å². The number of nitrogens with two attached hydrogens (primary N) is 1. The van der Waals surface area contributed by atoms with Crippen molar-refractivity contribution < 1.29 is 0 Å².